The summed E-state index contributed by atoms with van der Waals surface area (Å²) in [7, 11) is 0. The van der Waals surface area contributed by atoms with Crippen LogP contribution in [-0.2, 0) is 6.54 Å². The van der Waals surface area contributed by atoms with Gasteiger partial charge in [-0.1, -0.05) is 31.0 Å². The maximum absolute atomic E-state index is 13.6. The zero-order valence-electron chi connectivity index (χ0n) is 14.6. The van der Waals surface area contributed by atoms with Gasteiger partial charge in [-0.15, -0.1) is 0 Å². The van der Waals surface area contributed by atoms with Crippen molar-refractivity contribution in [3.8, 4) is 0 Å². The van der Waals surface area contributed by atoms with Gasteiger partial charge in [-0.2, -0.15) is 0 Å². The molecule has 1 aliphatic rings. The van der Waals surface area contributed by atoms with E-state index in [4.69, 9.17) is 0 Å². The molecule has 6 heteroatoms. The lowest BCUT2D eigenvalue weighted by Gasteiger charge is -2.20. The Balaban J connectivity index is 1.67. The maximum atomic E-state index is 13.6. The Morgan fingerprint density at radius 2 is 1.81 bits per heavy atom. The zero-order chi connectivity index (χ0) is 18.4. The summed E-state index contributed by atoms with van der Waals surface area (Å²) in [4.78, 5) is 30.9. The number of hydrogen-bond acceptors (Lipinski definition) is 3. The number of pyridine rings is 1. The number of nitrogens with one attached hydrogen (secondary N) is 1. The smallest absolute Gasteiger partial charge is 0.270 e. The van der Waals surface area contributed by atoms with Crippen LogP contribution in [0.15, 0.2) is 42.6 Å². The van der Waals surface area contributed by atoms with Gasteiger partial charge in [-0.3, -0.25) is 14.6 Å². The topological polar surface area (TPSA) is 62.3 Å². The van der Waals surface area contributed by atoms with E-state index in [-0.39, 0.29) is 24.0 Å². The fraction of sp³-hybridized carbons (Fsp3) is 0.350. The molecule has 5 nitrogen and oxygen atoms in total. The molecule has 1 fully saturated rings. The third-order valence-corrected chi connectivity index (χ3v) is 4.53. The van der Waals surface area contributed by atoms with E-state index in [1.807, 2.05) is 4.90 Å². The van der Waals surface area contributed by atoms with Gasteiger partial charge in [0.1, 0.15) is 11.5 Å². The first-order valence-electron chi connectivity index (χ1n) is 8.92. The first-order chi connectivity index (χ1) is 12.6. The number of nitrogens with zero attached hydrogens (tertiary/aromatic N) is 2. The number of hydrogen-bond donors (Lipinski definition) is 1. The lowest BCUT2D eigenvalue weighted by atomic mass is 10.1. The molecule has 0 saturated carbocycles. The van der Waals surface area contributed by atoms with Gasteiger partial charge in [0.25, 0.3) is 11.8 Å². The van der Waals surface area contributed by atoms with E-state index in [1.54, 1.807) is 24.3 Å². The molecule has 0 spiro atoms. The fourth-order valence-corrected chi connectivity index (χ4v) is 3.05. The molecule has 0 aliphatic carbocycles. The molecule has 26 heavy (non-hydrogen) atoms. The van der Waals surface area contributed by atoms with E-state index in [0.717, 1.165) is 38.8 Å². The van der Waals surface area contributed by atoms with Crippen molar-refractivity contribution in [3.05, 3.63) is 65.2 Å². The Bertz CT molecular complexity index is 786. The van der Waals surface area contributed by atoms with Crippen LogP contribution in [0.3, 0.4) is 0 Å². The minimum atomic E-state index is -0.432. The predicted molar refractivity (Wildman–Crippen MR) is 96.2 cm³/mol. The highest BCUT2D eigenvalue weighted by Crippen LogP contribution is 2.14. The summed E-state index contributed by atoms with van der Waals surface area (Å²) >= 11 is 0. The molecular weight excluding hydrogens is 333 g/mol. The van der Waals surface area contributed by atoms with Gasteiger partial charge in [0.15, 0.2) is 0 Å². The van der Waals surface area contributed by atoms with E-state index in [9.17, 15) is 14.0 Å². The van der Waals surface area contributed by atoms with Gasteiger partial charge in [-0.25, -0.2) is 4.39 Å². The van der Waals surface area contributed by atoms with Crippen molar-refractivity contribution >= 4 is 11.8 Å². The van der Waals surface area contributed by atoms with Crippen molar-refractivity contribution in [1.29, 1.82) is 0 Å². The maximum Gasteiger partial charge on any atom is 0.270 e. The van der Waals surface area contributed by atoms with Crippen LogP contribution in [0.1, 0.15) is 52.1 Å². The van der Waals surface area contributed by atoms with Crippen LogP contribution in [0.4, 0.5) is 4.39 Å². The molecule has 0 unspecified atom stereocenters. The molecule has 136 valence electrons. The van der Waals surface area contributed by atoms with Crippen molar-refractivity contribution in [2.45, 2.75) is 32.2 Å². The number of amides is 2. The van der Waals surface area contributed by atoms with Crippen molar-refractivity contribution in [3.63, 3.8) is 0 Å². The molecule has 1 aromatic heterocycles. The predicted octanol–water partition coefficient (Wildman–Crippen LogP) is 3.17. The third kappa shape index (κ3) is 4.45. The number of likely N-dealkylation sites (tertiary alicyclic amines) is 1. The van der Waals surface area contributed by atoms with Gasteiger partial charge >= 0.3 is 0 Å². The van der Waals surface area contributed by atoms with Gasteiger partial charge in [0, 0.05) is 37.0 Å². The molecule has 2 amide bonds. The average molecular weight is 355 g/mol. The molecule has 0 atom stereocenters. The fourth-order valence-electron chi connectivity index (χ4n) is 3.05. The Hall–Kier alpha value is -2.76. The number of carbonyl (C=O) groups excluding carboxylic acids is 2. The number of aromatic nitrogens is 1. The minimum absolute atomic E-state index is 0.0670. The first kappa shape index (κ1) is 18.0. The molecule has 1 aliphatic heterocycles. The summed E-state index contributed by atoms with van der Waals surface area (Å²) < 4.78 is 13.6. The molecule has 3 rings (SSSR count). The second-order valence-electron chi connectivity index (χ2n) is 6.41. The molecule has 1 aromatic carbocycles. The van der Waals surface area contributed by atoms with Crippen LogP contribution in [0, 0.1) is 5.82 Å². The summed E-state index contributed by atoms with van der Waals surface area (Å²) in [6.07, 6.45) is 5.76. The standard InChI is InChI=1S/C20H22FN3O2/c21-17-8-4-3-7-16(17)14-23-19(25)18-13-15(9-10-22-18)20(26)24-11-5-1-2-6-12-24/h3-4,7-10,13H,1-2,5-6,11-12,14H2,(H,23,25). The normalized spacial score (nSPS) is 14.6. The molecule has 2 heterocycles. The summed E-state index contributed by atoms with van der Waals surface area (Å²) in [5.74, 6) is -0.873. The van der Waals surface area contributed by atoms with Crippen LogP contribution >= 0.6 is 0 Å². The molecule has 1 saturated heterocycles. The third-order valence-electron chi connectivity index (χ3n) is 4.53. The molecule has 2 aromatic rings. The van der Waals surface area contributed by atoms with E-state index in [2.05, 4.69) is 10.3 Å². The van der Waals surface area contributed by atoms with E-state index in [0.29, 0.717) is 11.1 Å². The van der Waals surface area contributed by atoms with Crippen molar-refractivity contribution in [1.82, 2.24) is 15.2 Å². The van der Waals surface area contributed by atoms with Crippen LogP contribution in [0.5, 0.6) is 0 Å². The van der Waals surface area contributed by atoms with Gasteiger partial charge in [-0.05, 0) is 31.0 Å². The number of rotatable bonds is 4. The Morgan fingerprint density at radius 3 is 2.54 bits per heavy atom. The summed E-state index contributed by atoms with van der Waals surface area (Å²) in [6.45, 7) is 1.56. The molecule has 0 radical (unpaired) electrons. The highest BCUT2D eigenvalue weighted by atomic mass is 19.1. The van der Waals surface area contributed by atoms with Crippen molar-refractivity contribution < 1.29 is 14.0 Å². The zero-order valence-corrected chi connectivity index (χ0v) is 14.6. The lowest BCUT2D eigenvalue weighted by Crippen LogP contribution is -2.32. The lowest BCUT2D eigenvalue weighted by molar-refractivity contribution is 0.0761. The summed E-state index contributed by atoms with van der Waals surface area (Å²) in [5.41, 5.74) is 1.01. The highest BCUT2D eigenvalue weighted by Gasteiger charge is 2.19. The molecule has 0 bridgehead atoms. The monoisotopic (exact) mass is 355 g/mol. The van der Waals surface area contributed by atoms with Crippen LogP contribution in [0.25, 0.3) is 0 Å². The minimum Gasteiger partial charge on any atom is -0.347 e. The van der Waals surface area contributed by atoms with Gasteiger partial charge < -0.3 is 10.2 Å². The second kappa shape index (κ2) is 8.56. The number of carbonyl (C=O) groups is 2. The van der Waals surface area contributed by atoms with E-state index >= 15 is 0 Å². The quantitative estimate of drug-likeness (QED) is 0.916. The van der Waals surface area contributed by atoms with Gasteiger partial charge in [0.2, 0.25) is 0 Å². The highest BCUT2D eigenvalue weighted by molar-refractivity contribution is 5.98. The van der Waals surface area contributed by atoms with Crippen molar-refractivity contribution in [2.24, 2.45) is 0 Å². The van der Waals surface area contributed by atoms with Crippen LogP contribution in [-0.4, -0.2) is 34.8 Å². The largest absolute Gasteiger partial charge is 0.347 e. The number of benzene rings is 1. The summed E-state index contributed by atoms with van der Waals surface area (Å²) in [6, 6.07) is 9.40. The Morgan fingerprint density at radius 1 is 1.08 bits per heavy atom. The second-order valence-corrected chi connectivity index (χ2v) is 6.41. The molecule has 1 N–H and O–H groups in total. The average Bonchev–Trinajstić information content (AvgIpc) is 2.96. The van der Waals surface area contributed by atoms with Crippen LogP contribution in [0.2, 0.25) is 0 Å². The number of halogens is 1. The van der Waals surface area contributed by atoms with Crippen LogP contribution < -0.4 is 5.32 Å². The summed E-state index contributed by atoms with van der Waals surface area (Å²) in [5, 5.41) is 2.65. The first-order valence-corrected chi connectivity index (χ1v) is 8.92. The molecular formula is C20H22FN3O2. The van der Waals surface area contributed by atoms with E-state index in [1.165, 1.54) is 18.3 Å². The van der Waals surface area contributed by atoms with Crippen molar-refractivity contribution in [2.75, 3.05) is 13.1 Å². The Labute approximate surface area is 152 Å². The Kier molecular flexibility index (Phi) is 5.94. The van der Waals surface area contributed by atoms with E-state index < -0.39 is 5.91 Å². The van der Waals surface area contributed by atoms with Gasteiger partial charge in [0.05, 0.1) is 0 Å². The SMILES string of the molecule is O=C(NCc1ccccc1F)c1cc(C(=O)N2CCCCCC2)ccn1.